The molecule has 3 aliphatic heterocycles. The zero-order valence-corrected chi connectivity index (χ0v) is 17.4. The van der Waals surface area contributed by atoms with Crippen LogP contribution >= 0.6 is 11.6 Å². The summed E-state index contributed by atoms with van der Waals surface area (Å²) in [7, 11) is 0. The number of hydrogen-bond acceptors (Lipinski definition) is 3. The van der Waals surface area contributed by atoms with Gasteiger partial charge in [0.1, 0.15) is 5.60 Å². The second-order valence-electron chi connectivity index (χ2n) is 8.39. The lowest BCUT2D eigenvalue weighted by atomic mass is 9.77. The molecule has 2 aromatic carbocycles. The van der Waals surface area contributed by atoms with E-state index >= 15 is 0 Å². The predicted octanol–water partition coefficient (Wildman–Crippen LogP) is 3.25. The second-order valence-corrected chi connectivity index (χ2v) is 8.80. The van der Waals surface area contributed by atoms with E-state index in [-0.39, 0.29) is 17.9 Å². The van der Waals surface area contributed by atoms with E-state index in [1.807, 2.05) is 67.6 Å². The van der Waals surface area contributed by atoms with Crippen LogP contribution in [0.3, 0.4) is 0 Å². The van der Waals surface area contributed by atoms with Gasteiger partial charge in [0.2, 0.25) is 11.8 Å². The Kier molecular flexibility index (Phi) is 4.68. The first-order valence-electron chi connectivity index (χ1n) is 10.2. The summed E-state index contributed by atoms with van der Waals surface area (Å²) in [4.78, 5) is 28.1. The van der Waals surface area contributed by atoms with Crippen LogP contribution in [0.4, 0.5) is 0 Å². The van der Waals surface area contributed by atoms with E-state index in [0.29, 0.717) is 24.7 Å². The molecule has 2 saturated heterocycles. The van der Waals surface area contributed by atoms with E-state index in [1.165, 1.54) is 5.56 Å². The summed E-state index contributed by atoms with van der Waals surface area (Å²) in [5, 5.41) is 3.64. The first kappa shape index (κ1) is 19.3. The summed E-state index contributed by atoms with van der Waals surface area (Å²) < 4.78 is 6.19. The summed E-state index contributed by atoms with van der Waals surface area (Å²) in [5.74, 6) is -1.18. The molecule has 154 valence electrons. The molecule has 3 aliphatic rings. The van der Waals surface area contributed by atoms with Gasteiger partial charge in [0.25, 0.3) is 0 Å². The van der Waals surface area contributed by atoms with Crippen LogP contribution in [-0.4, -0.2) is 35.0 Å². The third-order valence-corrected chi connectivity index (χ3v) is 6.76. The van der Waals surface area contributed by atoms with Crippen molar-refractivity contribution < 1.29 is 14.3 Å². The van der Waals surface area contributed by atoms with Crippen LogP contribution in [0.2, 0.25) is 5.02 Å². The molecule has 1 N–H and O–H groups in total. The summed E-state index contributed by atoms with van der Waals surface area (Å²) >= 11 is 6.29. The van der Waals surface area contributed by atoms with Crippen LogP contribution in [0.15, 0.2) is 60.7 Å². The molecule has 5 nitrogen and oxygen atoms in total. The third-order valence-electron chi connectivity index (χ3n) is 6.39. The summed E-state index contributed by atoms with van der Waals surface area (Å²) in [6.45, 7) is 3.32. The Morgan fingerprint density at radius 1 is 1.23 bits per heavy atom. The number of ether oxygens (including phenoxy) is 1. The Labute approximate surface area is 180 Å². The Bertz CT molecular complexity index is 1040. The molecule has 1 spiro atoms. The third kappa shape index (κ3) is 3.13. The molecule has 4 atom stereocenters. The van der Waals surface area contributed by atoms with Crippen LogP contribution in [0.5, 0.6) is 0 Å². The lowest BCUT2D eigenvalue weighted by Crippen LogP contribution is -2.43. The van der Waals surface area contributed by atoms with E-state index in [1.54, 1.807) is 4.90 Å². The van der Waals surface area contributed by atoms with Crippen LogP contribution in [0.25, 0.3) is 0 Å². The van der Waals surface area contributed by atoms with Crippen molar-refractivity contribution in [3.8, 4) is 0 Å². The fraction of sp³-hybridized carbons (Fsp3) is 0.333. The van der Waals surface area contributed by atoms with E-state index in [9.17, 15) is 9.59 Å². The number of aryl methyl sites for hydroxylation is 1. The van der Waals surface area contributed by atoms with Crippen molar-refractivity contribution >= 4 is 23.4 Å². The zero-order valence-electron chi connectivity index (χ0n) is 16.7. The standard InChI is InChI=1S/C24H23ClN2O3/c1-15-6-8-16(9-7-15)12-26-22(28)20-19-10-11-24(30-19)14-27(23(29)21(20)24)13-17-4-2-3-5-18(17)25/h2-11,19-21H,12-14H2,1H3,(H,26,28)/t19-,20?,21-,24?/m0/s1. The predicted molar refractivity (Wildman–Crippen MR) is 114 cm³/mol. The van der Waals surface area contributed by atoms with Gasteiger partial charge < -0.3 is 15.0 Å². The molecular formula is C24H23ClN2O3. The second kappa shape index (κ2) is 7.25. The monoisotopic (exact) mass is 422 g/mol. The van der Waals surface area contributed by atoms with Crippen molar-refractivity contribution in [1.82, 2.24) is 10.2 Å². The zero-order chi connectivity index (χ0) is 20.9. The van der Waals surface area contributed by atoms with Crippen LogP contribution in [0.1, 0.15) is 16.7 Å². The van der Waals surface area contributed by atoms with Gasteiger partial charge in [-0.05, 0) is 24.1 Å². The van der Waals surface area contributed by atoms with Crippen molar-refractivity contribution in [3.05, 3.63) is 82.4 Å². The van der Waals surface area contributed by atoms with Gasteiger partial charge in [-0.3, -0.25) is 9.59 Å². The highest BCUT2D eigenvalue weighted by Crippen LogP contribution is 2.52. The lowest BCUT2D eigenvalue weighted by molar-refractivity contribution is -0.137. The molecule has 3 heterocycles. The summed E-state index contributed by atoms with van der Waals surface area (Å²) in [6, 6.07) is 15.6. The van der Waals surface area contributed by atoms with Gasteiger partial charge in [-0.15, -0.1) is 0 Å². The van der Waals surface area contributed by atoms with Crippen molar-refractivity contribution in [2.75, 3.05) is 6.54 Å². The Morgan fingerprint density at radius 3 is 2.77 bits per heavy atom. The van der Waals surface area contributed by atoms with Gasteiger partial charge in [-0.2, -0.15) is 0 Å². The van der Waals surface area contributed by atoms with Crippen molar-refractivity contribution in [1.29, 1.82) is 0 Å². The number of nitrogens with one attached hydrogen (secondary N) is 1. The lowest BCUT2D eigenvalue weighted by Gasteiger charge is -2.23. The average molecular weight is 423 g/mol. The Hall–Kier alpha value is -2.63. The van der Waals surface area contributed by atoms with Gasteiger partial charge in [-0.25, -0.2) is 0 Å². The number of amides is 2. The molecule has 2 amide bonds. The molecule has 0 saturated carbocycles. The fourth-order valence-corrected chi connectivity index (χ4v) is 5.05. The van der Waals surface area contributed by atoms with Gasteiger partial charge in [-0.1, -0.05) is 71.8 Å². The summed E-state index contributed by atoms with van der Waals surface area (Å²) in [6.07, 6.45) is 3.55. The molecule has 2 unspecified atom stereocenters. The highest BCUT2D eigenvalue weighted by Gasteiger charge is 2.66. The molecule has 2 bridgehead atoms. The Morgan fingerprint density at radius 2 is 2.00 bits per heavy atom. The number of likely N-dealkylation sites (tertiary alicyclic amines) is 1. The number of halogens is 1. The largest absolute Gasteiger partial charge is 0.360 e. The molecule has 6 heteroatoms. The van der Waals surface area contributed by atoms with Gasteiger partial charge >= 0.3 is 0 Å². The number of hydrogen-bond donors (Lipinski definition) is 1. The molecule has 0 aliphatic carbocycles. The first-order chi connectivity index (χ1) is 14.5. The molecule has 5 rings (SSSR count). The number of benzene rings is 2. The van der Waals surface area contributed by atoms with Crippen molar-refractivity contribution in [2.24, 2.45) is 11.8 Å². The minimum Gasteiger partial charge on any atom is -0.360 e. The maximum atomic E-state index is 13.3. The van der Waals surface area contributed by atoms with E-state index in [0.717, 1.165) is 11.1 Å². The Balaban J connectivity index is 1.32. The quantitative estimate of drug-likeness (QED) is 0.752. The van der Waals surface area contributed by atoms with Crippen LogP contribution in [0, 0.1) is 18.8 Å². The molecule has 2 aromatic rings. The van der Waals surface area contributed by atoms with Crippen molar-refractivity contribution in [2.45, 2.75) is 31.7 Å². The van der Waals surface area contributed by atoms with Crippen molar-refractivity contribution in [3.63, 3.8) is 0 Å². The topological polar surface area (TPSA) is 58.6 Å². The maximum Gasteiger partial charge on any atom is 0.230 e. The first-order valence-corrected chi connectivity index (χ1v) is 10.6. The highest BCUT2D eigenvalue weighted by atomic mass is 35.5. The summed E-state index contributed by atoms with van der Waals surface area (Å²) in [5.41, 5.74) is 2.38. The van der Waals surface area contributed by atoms with Gasteiger partial charge in [0.15, 0.2) is 0 Å². The number of carbonyl (C=O) groups excluding carboxylic acids is 2. The smallest absolute Gasteiger partial charge is 0.230 e. The molecular weight excluding hydrogens is 400 g/mol. The SMILES string of the molecule is Cc1ccc(CNC(=O)C2[C@@H]3C=CC4(CN(Cc5ccccc5Cl)C(=O)[C@H]24)O3)cc1. The number of carbonyl (C=O) groups is 2. The molecule has 0 aromatic heterocycles. The van der Waals surface area contributed by atoms with E-state index in [4.69, 9.17) is 16.3 Å². The minimum atomic E-state index is -0.713. The van der Waals surface area contributed by atoms with Crippen LogP contribution < -0.4 is 5.32 Å². The van der Waals surface area contributed by atoms with E-state index in [2.05, 4.69) is 5.32 Å². The van der Waals surface area contributed by atoms with Gasteiger partial charge in [0, 0.05) is 18.1 Å². The molecule has 0 radical (unpaired) electrons. The number of rotatable bonds is 5. The van der Waals surface area contributed by atoms with E-state index < -0.39 is 17.4 Å². The average Bonchev–Trinajstić information content (AvgIpc) is 3.37. The number of fused-ring (bicyclic) bond motifs is 1. The molecule has 2 fully saturated rings. The maximum absolute atomic E-state index is 13.3. The highest BCUT2D eigenvalue weighted by molar-refractivity contribution is 6.31. The molecule has 30 heavy (non-hydrogen) atoms. The normalized spacial score (nSPS) is 28.8. The van der Waals surface area contributed by atoms with Crippen LogP contribution in [-0.2, 0) is 27.4 Å². The van der Waals surface area contributed by atoms with Gasteiger partial charge in [0.05, 0.1) is 24.5 Å². The number of nitrogens with zero attached hydrogens (tertiary/aromatic N) is 1. The minimum absolute atomic E-state index is 0.0442. The fourth-order valence-electron chi connectivity index (χ4n) is 4.86.